The van der Waals surface area contributed by atoms with Crippen LogP contribution in [0.2, 0.25) is 0 Å². The third-order valence-electron chi connectivity index (χ3n) is 4.51. The van der Waals surface area contributed by atoms with E-state index < -0.39 is 0 Å². The smallest absolute Gasteiger partial charge is 0.304 e. The van der Waals surface area contributed by atoms with Crippen LogP contribution in [-0.2, 0) is 0 Å². The lowest BCUT2D eigenvalue weighted by molar-refractivity contribution is 1.00. The van der Waals surface area contributed by atoms with Gasteiger partial charge >= 0.3 is 5.69 Å². The summed E-state index contributed by atoms with van der Waals surface area (Å²) in [6.07, 6.45) is 3.49. The summed E-state index contributed by atoms with van der Waals surface area (Å²) < 4.78 is 1.58. The second kappa shape index (κ2) is 5.67. The molecule has 0 radical (unpaired) electrons. The molecular formula is C21H14N4O. The Kier molecular flexibility index (Phi) is 3.18. The first-order chi connectivity index (χ1) is 12.8. The summed E-state index contributed by atoms with van der Waals surface area (Å²) in [5, 5.41) is 1.10. The molecule has 1 N–H and O–H groups in total. The molecule has 5 heteroatoms. The molecule has 5 aromatic rings. The maximum atomic E-state index is 12.3. The van der Waals surface area contributed by atoms with Crippen LogP contribution in [0.5, 0.6) is 0 Å². The van der Waals surface area contributed by atoms with Crippen LogP contribution in [-0.4, -0.2) is 19.5 Å². The number of imidazole rings is 1. The topological polar surface area (TPSA) is 63.6 Å². The van der Waals surface area contributed by atoms with E-state index in [2.05, 4.69) is 33.2 Å². The minimum absolute atomic E-state index is 0.196. The summed E-state index contributed by atoms with van der Waals surface area (Å²) in [6.45, 7) is 0. The van der Waals surface area contributed by atoms with Gasteiger partial charge in [0.05, 0.1) is 16.7 Å². The fourth-order valence-corrected chi connectivity index (χ4v) is 3.31. The monoisotopic (exact) mass is 338 g/mol. The summed E-state index contributed by atoms with van der Waals surface area (Å²) >= 11 is 0. The molecule has 0 spiro atoms. The van der Waals surface area contributed by atoms with Crippen LogP contribution in [0.4, 0.5) is 0 Å². The Morgan fingerprint density at radius 2 is 1.58 bits per heavy atom. The van der Waals surface area contributed by atoms with E-state index in [1.165, 1.54) is 0 Å². The molecule has 0 bridgehead atoms. The zero-order valence-corrected chi connectivity index (χ0v) is 13.8. The molecule has 0 saturated heterocycles. The van der Waals surface area contributed by atoms with Crippen molar-refractivity contribution in [2.75, 3.05) is 0 Å². The molecule has 2 aromatic carbocycles. The Bertz CT molecular complexity index is 1290. The molecule has 0 fully saturated rings. The number of aromatic amines is 1. The number of hydrogen-bond acceptors (Lipinski definition) is 3. The number of nitrogens with zero attached hydrogens (tertiary/aromatic N) is 3. The van der Waals surface area contributed by atoms with Crippen molar-refractivity contribution >= 4 is 22.1 Å². The second-order valence-electron chi connectivity index (χ2n) is 6.07. The Labute approximate surface area is 148 Å². The Morgan fingerprint density at radius 1 is 0.808 bits per heavy atom. The average molecular weight is 338 g/mol. The lowest BCUT2D eigenvalue weighted by Gasteiger charge is -2.08. The molecule has 3 heterocycles. The van der Waals surface area contributed by atoms with Gasteiger partial charge in [0.2, 0.25) is 0 Å². The van der Waals surface area contributed by atoms with E-state index in [1.54, 1.807) is 23.0 Å². The first-order valence-electron chi connectivity index (χ1n) is 8.31. The first-order valence-corrected chi connectivity index (χ1v) is 8.31. The standard InChI is InChI=1S/C21H14N4O/c26-21-24-18-7-3-13-23-20(18)25(21)16-10-8-14(9-11-16)17-6-1-4-15-5-2-12-22-19(15)17/h1-13H,(H,24,26). The van der Waals surface area contributed by atoms with E-state index in [0.29, 0.717) is 5.65 Å². The molecule has 0 saturated carbocycles. The van der Waals surface area contributed by atoms with Crippen molar-refractivity contribution in [2.24, 2.45) is 0 Å². The van der Waals surface area contributed by atoms with Gasteiger partial charge in [-0.25, -0.2) is 14.3 Å². The van der Waals surface area contributed by atoms with Crippen molar-refractivity contribution in [3.63, 3.8) is 0 Å². The fourth-order valence-electron chi connectivity index (χ4n) is 3.31. The van der Waals surface area contributed by atoms with Crippen LogP contribution in [0, 0.1) is 0 Å². The number of fused-ring (bicyclic) bond motifs is 2. The third-order valence-corrected chi connectivity index (χ3v) is 4.51. The van der Waals surface area contributed by atoms with Gasteiger partial charge in [0, 0.05) is 23.3 Å². The number of pyridine rings is 2. The Morgan fingerprint density at radius 3 is 2.46 bits per heavy atom. The van der Waals surface area contributed by atoms with Crippen molar-refractivity contribution < 1.29 is 0 Å². The molecule has 0 unspecified atom stereocenters. The highest BCUT2D eigenvalue weighted by Gasteiger charge is 2.10. The molecule has 5 nitrogen and oxygen atoms in total. The second-order valence-corrected chi connectivity index (χ2v) is 6.07. The molecule has 0 atom stereocenters. The Balaban J connectivity index is 1.65. The summed E-state index contributed by atoms with van der Waals surface area (Å²) in [7, 11) is 0. The van der Waals surface area contributed by atoms with Crippen LogP contribution in [0.25, 0.3) is 38.9 Å². The number of benzene rings is 2. The molecule has 124 valence electrons. The third kappa shape index (κ3) is 2.22. The van der Waals surface area contributed by atoms with Crippen molar-refractivity contribution in [1.82, 2.24) is 19.5 Å². The van der Waals surface area contributed by atoms with E-state index in [-0.39, 0.29) is 5.69 Å². The highest BCUT2D eigenvalue weighted by molar-refractivity contribution is 5.93. The number of rotatable bonds is 2. The van der Waals surface area contributed by atoms with Crippen molar-refractivity contribution in [2.45, 2.75) is 0 Å². The van der Waals surface area contributed by atoms with Gasteiger partial charge < -0.3 is 4.98 Å². The van der Waals surface area contributed by atoms with E-state index in [1.807, 2.05) is 42.5 Å². The summed E-state index contributed by atoms with van der Waals surface area (Å²) in [6, 6.07) is 21.7. The quantitative estimate of drug-likeness (QED) is 0.530. The molecule has 0 aliphatic rings. The van der Waals surface area contributed by atoms with Gasteiger partial charge in [-0.2, -0.15) is 0 Å². The number of nitrogens with one attached hydrogen (secondary N) is 1. The SMILES string of the molecule is O=c1[nH]c2cccnc2n1-c1ccc(-c2cccc3cccnc23)cc1. The predicted molar refractivity (Wildman–Crippen MR) is 102 cm³/mol. The largest absolute Gasteiger partial charge is 0.332 e. The highest BCUT2D eigenvalue weighted by atomic mass is 16.1. The minimum Gasteiger partial charge on any atom is -0.304 e. The van der Waals surface area contributed by atoms with Gasteiger partial charge in [0.15, 0.2) is 5.65 Å². The number of H-pyrrole nitrogens is 1. The molecule has 5 rings (SSSR count). The number of para-hydroxylation sites is 1. The zero-order chi connectivity index (χ0) is 17.5. The van der Waals surface area contributed by atoms with Crippen LogP contribution < -0.4 is 5.69 Å². The van der Waals surface area contributed by atoms with E-state index in [4.69, 9.17) is 0 Å². The van der Waals surface area contributed by atoms with Gasteiger partial charge in [-0.15, -0.1) is 0 Å². The maximum Gasteiger partial charge on any atom is 0.332 e. The van der Waals surface area contributed by atoms with E-state index in [9.17, 15) is 4.79 Å². The summed E-state index contributed by atoms with van der Waals surface area (Å²) in [4.78, 5) is 24.0. The van der Waals surface area contributed by atoms with Crippen molar-refractivity contribution in [3.8, 4) is 16.8 Å². The molecule has 0 amide bonds. The average Bonchev–Trinajstić information content (AvgIpc) is 3.03. The van der Waals surface area contributed by atoms with E-state index >= 15 is 0 Å². The van der Waals surface area contributed by atoms with Gasteiger partial charge in [-0.05, 0) is 35.9 Å². The van der Waals surface area contributed by atoms with Crippen LogP contribution in [0.1, 0.15) is 0 Å². The fraction of sp³-hybridized carbons (Fsp3) is 0. The molecule has 0 aliphatic heterocycles. The first kappa shape index (κ1) is 14.6. The van der Waals surface area contributed by atoms with Gasteiger partial charge in [-0.3, -0.25) is 4.98 Å². The molecule has 0 aliphatic carbocycles. The Hall–Kier alpha value is -3.73. The van der Waals surface area contributed by atoms with Gasteiger partial charge in [-0.1, -0.05) is 36.4 Å². The van der Waals surface area contributed by atoms with Crippen LogP contribution in [0.3, 0.4) is 0 Å². The molecule has 26 heavy (non-hydrogen) atoms. The van der Waals surface area contributed by atoms with Crippen LogP contribution in [0.15, 0.2) is 83.9 Å². The summed E-state index contributed by atoms with van der Waals surface area (Å²) in [5.74, 6) is 0. The van der Waals surface area contributed by atoms with Gasteiger partial charge in [0.25, 0.3) is 0 Å². The number of aromatic nitrogens is 4. The van der Waals surface area contributed by atoms with Crippen molar-refractivity contribution in [1.29, 1.82) is 0 Å². The van der Waals surface area contributed by atoms with E-state index in [0.717, 1.165) is 33.2 Å². The van der Waals surface area contributed by atoms with Crippen molar-refractivity contribution in [3.05, 3.63) is 89.6 Å². The zero-order valence-electron chi connectivity index (χ0n) is 13.8. The molecule has 3 aromatic heterocycles. The summed E-state index contributed by atoms with van der Waals surface area (Å²) in [5.41, 5.74) is 5.01. The minimum atomic E-state index is -0.196. The van der Waals surface area contributed by atoms with Gasteiger partial charge in [0.1, 0.15) is 0 Å². The normalized spacial score (nSPS) is 11.2. The lowest BCUT2D eigenvalue weighted by Crippen LogP contribution is -2.14. The number of hydrogen-bond donors (Lipinski definition) is 1. The maximum absolute atomic E-state index is 12.3. The predicted octanol–water partition coefficient (Wildman–Crippen LogP) is 3.93. The van der Waals surface area contributed by atoms with Crippen LogP contribution >= 0.6 is 0 Å². The lowest BCUT2D eigenvalue weighted by atomic mass is 10.0. The molecular weight excluding hydrogens is 324 g/mol. The highest BCUT2D eigenvalue weighted by Crippen LogP contribution is 2.27.